The van der Waals surface area contributed by atoms with Gasteiger partial charge in [-0.1, -0.05) is 18.2 Å². The van der Waals surface area contributed by atoms with E-state index in [9.17, 15) is 17.2 Å². The highest BCUT2D eigenvalue weighted by Gasteiger charge is 2.34. The Balaban J connectivity index is 1.89. The maximum Gasteiger partial charge on any atom is 0.246 e. The van der Waals surface area contributed by atoms with Crippen LogP contribution in [0, 0.1) is 11.6 Å². The summed E-state index contributed by atoms with van der Waals surface area (Å²) < 4.78 is 54.3. The summed E-state index contributed by atoms with van der Waals surface area (Å²) in [6.07, 6.45) is 0.724. The topological polar surface area (TPSA) is 40.6 Å². The largest absolute Gasteiger partial charge is 0.305 e. The molecule has 0 unspecified atom stereocenters. The van der Waals surface area contributed by atoms with Crippen molar-refractivity contribution >= 4 is 10.0 Å². The molecule has 0 radical (unpaired) electrons. The van der Waals surface area contributed by atoms with E-state index in [1.807, 2.05) is 19.0 Å². The van der Waals surface area contributed by atoms with E-state index < -0.39 is 15.8 Å². The molecule has 1 saturated heterocycles. The Morgan fingerprint density at radius 3 is 2.24 bits per heavy atom. The normalized spacial score (nSPS) is 18.8. The molecule has 0 saturated carbocycles. The fourth-order valence-electron chi connectivity index (χ4n) is 3.02. The first kappa shape index (κ1) is 18.0. The number of hydrogen-bond donors (Lipinski definition) is 0. The van der Waals surface area contributed by atoms with E-state index >= 15 is 0 Å². The second-order valence-corrected chi connectivity index (χ2v) is 8.33. The van der Waals surface area contributed by atoms with Crippen LogP contribution in [0.3, 0.4) is 0 Å². The predicted molar refractivity (Wildman–Crippen MR) is 92.6 cm³/mol. The second-order valence-electron chi connectivity index (χ2n) is 6.42. The predicted octanol–water partition coefficient (Wildman–Crippen LogP) is 2.96. The molecule has 2 aromatic rings. The monoisotopic (exact) mass is 366 g/mol. The van der Waals surface area contributed by atoms with Gasteiger partial charge < -0.3 is 4.90 Å². The van der Waals surface area contributed by atoms with Gasteiger partial charge in [0, 0.05) is 19.1 Å². The van der Waals surface area contributed by atoms with Gasteiger partial charge in [0.2, 0.25) is 10.0 Å². The van der Waals surface area contributed by atoms with E-state index in [1.54, 1.807) is 6.07 Å². The van der Waals surface area contributed by atoms with Crippen LogP contribution in [0.25, 0.3) is 11.1 Å². The van der Waals surface area contributed by atoms with Gasteiger partial charge in [-0.15, -0.1) is 0 Å². The molecule has 1 aliphatic heterocycles. The third-order valence-corrected chi connectivity index (χ3v) is 6.48. The maximum absolute atomic E-state index is 14.5. The van der Waals surface area contributed by atoms with Crippen molar-refractivity contribution in [2.75, 3.05) is 27.2 Å². The lowest BCUT2D eigenvalue weighted by Gasteiger charge is -2.20. The van der Waals surface area contributed by atoms with Gasteiger partial charge in [0.25, 0.3) is 0 Å². The van der Waals surface area contributed by atoms with Crippen LogP contribution < -0.4 is 0 Å². The Hall–Kier alpha value is -1.83. The summed E-state index contributed by atoms with van der Waals surface area (Å²) in [6.45, 7) is 0.735. The van der Waals surface area contributed by atoms with Crippen molar-refractivity contribution in [3.05, 3.63) is 54.1 Å². The molecule has 2 aromatic carbocycles. The molecule has 0 bridgehead atoms. The van der Waals surface area contributed by atoms with Gasteiger partial charge in [-0.05, 0) is 55.9 Å². The van der Waals surface area contributed by atoms with Gasteiger partial charge in [0.05, 0.1) is 0 Å². The van der Waals surface area contributed by atoms with Gasteiger partial charge >= 0.3 is 0 Å². The molecular weight excluding hydrogens is 346 g/mol. The van der Waals surface area contributed by atoms with Crippen molar-refractivity contribution < 1.29 is 17.2 Å². The van der Waals surface area contributed by atoms with Gasteiger partial charge in [-0.3, -0.25) is 0 Å². The Bertz CT molecular complexity index is 867. The quantitative estimate of drug-likeness (QED) is 0.835. The van der Waals surface area contributed by atoms with Gasteiger partial charge in [0.15, 0.2) is 0 Å². The highest BCUT2D eigenvalue weighted by molar-refractivity contribution is 7.89. The summed E-state index contributed by atoms with van der Waals surface area (Å²) in [5.74, 6) is -1.18. The SMILES string of the molecule is CN(C)[C@@H]1CCN(S(=O)(=O)c2ccc(-c3ccc(F)cc3)cc2F)C1. The molecule has 0 spiro atoms. The Morgan fingerprint density at radius 2 is 1.68 bits per heavy atom. The van der Waals surface area contributed by atoms with E-state index in [4.69, 9.17) is 0 Å². The Kier molecular flexibility index (Phi) is 4.90. The molecule has 3 rings (SSSR count). The number of halogens is 2. The number of nitrogens with zero attached hydrogens (tertiary/aromatic N) is 2. The van der Waals surface area contributed by atoms with Crippen LogP contribution in [0.1, 0.15) is 6.42 Å². The minimum Gasteiger partial charge on any atom is -0.305 e. The Labute approximate surface area is 146 Å². The standard InChI is InChI=1S/C18H20F2N2O2S/c1-21(2)16-9-10-22(12-16)25(23,24)18-8-5-14(11-17(18)20)13-3-6-15(19)7-4-13/h3-8,11,16H,9-10,12H2,1-2H3/t16-/m1/s1. The molecule has 25 heavy (non-hydrogen) atoms. The Morgan fingerprint density at radius 1 is 1.04 bits per heavy atom. The third-order valence-electron chi connectivity index (χ3n) is 4.58. The van der Waals surface area contributed by atoms with Crippen LogP contribution in [0.5, 0.6) is 0 Å². The van der Waals surface area contributed by atoms with Crippen LogP contribution in [-0.2, 0) is 10.0 Å². The number of likely N-dealkylation sites (N-methyl/N-ethyl adjacent to an activating group) is 1. The summed E-state index contributed by atoms with van der Waals surface area (Å²) in [4.78, 5) is 1.65. The first-order valence-corrected chi connectivity index (χ1v) is 9.45. The van der Waals surface area contributed by atoms with Crippen molar-refractivity contribution in [1.29, 1.82) is 0 Å². The van der Waals surface area contributed by atoms with Crippen LogP contribution in [-0.4, -0.2) is 50.8 Å². The van der Waals surface area contributed by atoms with Crippen LogP contribution in [0.4, 0.5) is 8.78 Å². The maximum atomic E-state index is 14.5. The molecule has 1 heterocycles. The van der Waals surface area contributed by atoms with E-state index in [0.717, 1.165) is 6.42 Å². The molecule has 0 aromatic heterocycles. The molecule has 7 heteroatoms. The van der Waals surface area contributed by atoms with E-state index in [2.05, 4.69) is 0 Å². The lowest BCUT2D eigenvalue weighted by molar-refractivity contribution is 0.302. The summed E-state index contributed by atoms with van der Waals surface area (Å²) in [5.41, 5.74) is 1.13. The zero-order valence-electron chi connectivity index (χ0n) is 14.1. The zero-order valence-corrected chi connectivity index (χ0v) is 14.9. The van der Waals surface area contributed by atoms with E-state index in [-0.39, 0.29) is 16.8 Å². The fraction of sp³-hybridized carbons (Fsp3) is 0.333. The highest BCUT2D eigenvalue weighted by atomic mass is 32.2. The average Bonchev–Trinajstić information content (AvgIpc) is 3.06. The lowest BCUT2D eigenvalue weighted by Crippen LogP contribution is -2.34. The first-order valence-electron chi connectivity index (χ1n) is 8.01. The first-order chi connectivity index (χ1) is 11.8. The molecule has 1 fully saturated rings. The van der Waals surface area contributed by atoms with Crippen molar-refractivity contribution in [1.82, 2.24) is 9.21 Å². The van der Waals surface area contributed by atoms with Gasteiger partial charge in [-0.2, -0.15) is 4.31 Å². The number of hydrogen-bond acceptors (Lipinski definition) is 3. The molecular formula is C18H20F2N2O2S. The lowest BCUT2D eigenvalue weighted by atomic mass is 10.1. The fourth-order valence-corrected chi connectivity index (χ4v) is 4.56. The van der Waals surface area contributed by atoms with Gasteiger partial charge in [-0.25, -0.2) is 17.2 Å². The second kappa shape index (κ2) is 6.82. The van der Waals surface area contributed by atoms with Crippen molar-refractivity contribution in [2.45, 2.75) is 17.4 Å². The molecule has 0 amide bonds. The minimum absolute atomic E-state index is 0.135. The highest BCUT2D eigenvalue weighted by Crippen LogP contribution is 2.28. The third kappa shape index (κ3) is 3.58. The molecule has 0 N–H and O–H groups in total. The summed E-state index contributed by atoms with van der Waals surface area (Å²) >= 11 is 0. The molecule has 1 aliphatic rings. The summed E-state index contributed by atoms with van der Waals surface area (Å²) in [5, 5.41) is 0. The van der Waals surface area contributed by atoms with Crippen LogP contribution in [0.2, 0.25) is 0 Å². The number of sulfonamides is 1. The summed E-state index contributed by atoms with van der Waals surface area (Å²) in [6, 6.07) is 9.76. The van der Waals surface area contributed by atoms with Crippen LogP contribution >= 0.6 is 0 Å². The van der Waals surface area contributed by atoms with Crippen molar-refractivity contribution in [3.8, 4) is 11.1 Å². The van der Waals surface area contributed by atoms with Crippen molar-refractivity contribution in [2.24, 2.45) is 0 Å². The molecule has 0 aliphatic carbocycles. The molecule has 4 nitrogen and oxygen atoms in total. The van der Waals surface area contributed by atoms with E-state index in [1.165, 1.54) is 40.7 Å². The van der Waals surface area contributed by atoms with E-state index in [0.29, 0.717) is 24.2 Å². The number of rotatable bonds is 4. The smallest absolute Gasteiger partial charge is 0.246 e. The summed E-state index contributed by atoms with van der Waals surface area (Å²) in [7, 11) is -0.0665. The zero-order chi connectivity index (χ0) is 18.2. The number of benzene rings is 2. The van der Waals surface area contributed by atoms with Gasteiger partial charge in [0.1, 0.15) is 16.5 Å². The van der Waals surface area contributed by atoms with Crippen molar-refractivity contribution in [3.63, 3.8) is 0 Å². The molecule has 1 atom stereocenters. The minimum atomic E-state index is -3.87. The average molecular weight is 366 g/mol. The molecule has 134 valence electrons. The van der Waals surface area contributed by atoms with Crippen LogP contribution in [0.15, 0.2) is 47.4 Å².